The maximum atomic E-state index is 13.1. The minimum Gasteiger partial charge on any atom is -0.490 e. The van der Waals surface area contributed by atoms with Crippen molar-refractivity contribution in [3.63, 3.8) is 0 Å². The van der Waals surface area contributed by atoms with Crippen molar-refractivity contribution >= 4 is 33.8 Å². The number of benzene rings is 3. The summed E-state index contributed by atoms with van der Waals surface area (Å²) < 4.78 is 15.4. The van der Waals surface area contributed by atoms with E-state index in [0.29, 0.717) is 23.5 Å². The molecule has 0 radical (unpaired) electrons. The highest BCUT2D eigenvalue weighted by atomic mass is 16.5. The molecule has 1 unspecified atom stereocenters. The quantitative estimate of drug-likeness (QED) is 0.145. The van der Waals surface area contributed by atoms with Crippen LogP contribution in [-0.4, -0.2) is 126 Å². The number of carbonyl (C=O) groups is 2. The summed E-state index contributed by atoms with van der Waals surface area (Å²) in [7, 11) is 1.71. The lowest BCUT2D eigenvalue weighted by molar-refractivity contribution is -0.135. The number of carbonyl (C=O) groups excluding carboxylic acids is 2. The number of imidazole rings is 1. The van der Waals surface area contributed by atoms with Crippen LogP contribution < -0.4 is 15.7 Å². The van der Waals surface area contributed by atoms with E-state index in [-0.39, 0.29) is 24.1 Å². The van der Waals surface area contributed by atoms with Gasteiger partial charge in [0.25, 0.3) is 0 Å². The summed E-state index contributed by atoms with van der Waals surface area (Å²) in [6.45, 7) is 9.73. The topological polar surface area (TPSA) is 173 Å². The summed E-state index contributed by atoms with van der Waals surface area (Å²) in [6.07, 6.45) is 7.71. The number of nitrogens with zero attached hydrogens (tertiary/aromatic N) is 9. The Balaban J connectivity index is 0.637. The third kappa shape index (κ3) is 8.91. The summed E-state index contributed by atoms with van der Waals surface area (Å²) in [6, 6.07) is 18.9. The van der Waals surface area contributed by atoms with E-state index in [1.807, 2.05) is 60.7 Å². The van der Waals surface area contributed by atoms with Crippen molar-refractivity contribution in [2.75, 3.05) is 58.9 Å². The fourth-order valence-electron chi connectivity index (χ4n) is 10.0. The number of H-pyrrole nitrogens is 1. The lowest BCUT2D eigenvalue weighted by atomic mass is 9.92. The molecule has 326 valence electrons. The van der Waals surface area contributed by atoms with Crippen LogP contribution in [0.4, 0.5) is 0 Å². The van der Waals surface area contributed by atoms with Crippen LogP contribution in [-0.2, 0) is 16.6 Å². The largest absolute Gasteiger partial charge is 0.490 e. The molecule has 1 atom stereocenters. The summed E-state index contributed by atoms with van der Waals surface area (Å²) in [5.74, 6) is 9.49. The standard InChI is InChI=1S/C47H53N11O5/c1-54-42-26-31(7-10-40(42)58(47(54)61)41-11-12-43(59)48-46(41)60)4-3-19-55-20-13-32(14-21-55)29-56-22-15-33(16-23-56)30-57-24-17-36(18-25-57)62-37-6-2-5-34(27-37)44-38-28-35(45-49-52-53-50-45)8-9-39(38)51-63-44/h2,5-10,26-28,32-33,36,41H,11-25,29-30H2,1H3,(H,48,59,60)(H,49,50,52,53). The highest BCUT2D eigenvalue weighted by Crippen LogP contribution is 2.34. The highest BCUT2D eigenvalue weighted by Gasteiger charge is 2.32. The monoisotopic (exact) mass is 851 g/mol. The molecule has 4 aliphatic heterocycles. The zero-order chi connectivity index (χ0) is 42.9. The number of rotatable bonds is 10. The first-order valence-electron chi connectivity index (χ1n) is 22.4. The van der Waals surface area contributed by atoms with E-state index < -0.39 is 11.9 Å². The Bertz CT molecular complexity index is 2720. The van der Waals surface area contributed by atoms with Gasteiger partial charge in [-0.1, -0.05) is 29.1 Å². The van der Waals surface area contributed by atoms with Gasteiger partial charge in [-0.2, -0.15) is 5.21 Å². The summed E-state index contributed by atoms with van der Waals surface area (Å²) in [5.41, 5.74) is 4.50. The molecule has 0 spiro atoms. The van der Waals surface area contributed by atoms with Crippen molar-refractivity contribution in [3.8, 4) is 40.3 Å². The Kier molecular flexibility index (Phi) is 11.6. The number of imide groups is 1. The van der Waals surface area contributed by atoms with Gasteiger partial charge in [-0.05, 0) is 137 Å². The normalized spacial score (nSPS) is 20.3. The number of likely N-dealkylation sites (tertiary alicyclic amines) is 3. The molecule has 7 heterocycles. The predicted octanol–water partition coefficient (Wildman–Crippen LogP) is 4.62. The van der Waals surface area contributed by atoms with E-state index in [4.69, 9.17) is 9.26 Å². The first-order chi connectivity index (χ1) is 30.8. The minimum atomic E-state index is -0.693. The van der Waals surface area contributed by atoms with Crippen LogP contribution in [0, 0.1) is 23.7 Å². The van der Waals surface area contributed by atoms with E-state index in [9.17, 15) is 14.4 Å². The van der Waals surface area contributed by atoms with Gasteiger partial charge in [0.2, 0.25) is 17.6 Å². The van der Waals surface area contributed by atoms with Crippen LogP contribution >= 0.6 is 0 Å². The van der Waals surface area contributed by atoms with E-state index in [0.717, 1.165) is 96.3 Å². The zero-order valence-electron chi connectivity index (χ0n) is 35.7. The Hall–Kier alpha value is -6.15. The van der Waals surface area contributed by atoms with Gasteiger partial charge in [0.1, 0.15) is 23.4 Å². The number of tetrazole rings is 1. The maximum Gasteiger partial charge on any atom is 0.329 e. The lowest BCUT2D eigenvalue weighted by Crippen LogP contribution is -2.45. The molecule has 10 rings (SSSR count). The number of nitrogens with one attached hydrogen (secondary N) is 2. The van der Waals surface area contributed by atoms with Crippen molar-refractivity contribution in [2.24, 2.45) is 18.9 Å². The second kappa shape index (κ2) is 17.9. The van der Waals surface area contributed by atoms with Gasteiger partial charge in [-0.25, -0.2) is 4.79 Å². The highest BCUT2D eigenvalue weighted by molar-refractivity contribution is 6.00. The van der Waals surface area contributed by atoms with Crippen LogP contribution in [0.25, 0.3) is 44.6 Å². The maximum absolute atomic E-state index is 13.1. The molecule has 0 saturated carbocycles. The fourth-order valence-corrected chi connectivity index (χ4v) is 10.0. The average Bonchev–Trinajstić information content (AvgIpc) is 4.05. The molecule has 16 heteroatoms. The van der Waals surface area contributed by atoms with Crippen LogP contribution in [0.15, 0.2) is 70.0 Å². The number of piperidine rings is 4. The number of aromatic nitrogens is 7. The van der Waals surface area contributed by atoms with Gasteiger partial charge in [0.05, 0.1) is 23.0 Å². The number of hydrogen-bond acceptors (Lipinski definition) is 12. The van der Waals surface area contributed by atoms with Gasteiger partial charge < -0.3 is 19.1 Å². The number of aryl methyl sites for hydroxylation is 1. The van der Waals surface area contributed by atoms with E-state index in [1.165, 1.54) is 56.4 Å². The molecule has 2 N–H and O–H groups in total. The zero-order valence-corrected chi connectivity index (χ0v) is 35.7. The number of fused-ring (bicyclic) bond motifs is 2. The minimum absolute atomic E-state index is 0.190. The van der Waals surface area contributed by atoms with Crippen molar-refractivity contribution in [3.05, 3.63) is 76.7 Å². The third-order valence-corrected chi connectivity index (χ3v) is 13.6. The van der Waals surface area contributed by atoms with Crippen molar-refractivity contribution in [2.45, 2.75) is 63.5 Å². The fraction of sp³-hybridized carbons (Fsp3) is 0.468. The van der Waals surface area contributed by atoms with E-state index >= 15 is 0 Å². The van der Waals surface area contributed by atoms with Crippen LogP contribution in [0.2, 0.25) is 0 Å². The van der Waals surface area contributed by atoms with Crippen molar-refractivity contribution in [1.82, 2.24) is 54.9 Å². The lowest BCUT2D eigenvalue weighted by Gasteiger charge is -2.39. The van der Waals surface area contributed by atoms with Gasteiger partial charge in [0.15, 0.2) is 5.76 Å². The second-order valence-corrected chi connectivity index (χ2v) is 17.8. The number of ether oxygens (including phenoxy) is 1. The first kappa shape index (κ1) is 40.9. The molecule has 6 aromatic rings. The number of aromatic amines is 1. The van der Waals surface area contributed by atoms with Gasteiger partial charge in [-0.15, -0.1) is 10.2 Å². The predicted molar refractivity (Wildman–Crippen MR) is 237 cm³/mol. The molecule has 16 nitrogen and oxygen atoms in total. The molecule has 4 aliphatic rings. The Morgan fingerprint density at radius 2 is 1.54 bits per heavy atom. The Morgan fingerprint density at radius 3 is 2.27 bits per heavy atom. The van der Waals surface area contributed by atoms with Crippen LogP contribution in [0.1, 0.15) is 63.0 Å². The Labute approximate surface area is 364 Å². The van der Waals surface area contributed by atoms with E-state index in [2.05, 4.69) is 57.6 Å². The molecule has 4 fully saturated rings. The molecular weight excluding hydrogens is 799 g/mol. The van der Waals surface area contributed by atoms with Crippen LogP contribution in [0.5, 0.6) is 5.75 Å². The second-order valence-electron chi connectivity index (χ2n) is 17.8. The summed E-state index contributed by atoms with van der Waals surface area (Å²) in [5, 5.41) is 21.9. The molecule has 2 amide bonds. The first-order valence-corrected chi connectivity index (χ1v) is 22.4. The third-order valence-electron chi connectivity index (χ3n) is 13.6. The molecule has 63 heavy (non-hydrogen) atoms. The number of amides is 2. The van der Waals surface area contributed by atoms with Crippen molar-refractivity contribution in [1.29, 1.82) is 0 Å². The number of hydrogen-bond donors (Lipinski definition) is 2. The summed E-state index contributed by atoms with van der Waals surface area (Å²) in [4.78, 5) is 45.1. The molecule has 0 bridgehead atoms. The van der Waals surface area contributed by atoms with Crippen molar-refractivity contribution < 1.29 is 18.8 Å². The Morgan fingerprint density at radius 1 is 0.794 bits per heavy atom. The SMILES string of the molecule is Cn1c(=O)n(C2CCC(=O)NC2=O)c2ccc(C#CCN3CCC(CN4CCC(CN5CCC(Oc6cccc(-c7onc8ccc(-c9nn[nH]n9)cc78)c6)CC5)CC4)CC3)cc21. The molecule has 3 aromatic heterocycles. The smallest absolute Gasteiger partial charge is 0.329 e. The van der Waals surface area contributed by atoms with Gasteiger partial charge >= 0.3 is 5.69 Å². The van der Waals surface area contributed by atoms with Gasteiger partial charge in [0, 0.05) is 56.3 Å². The molecule has 3 aromatic carbocycles. The molecular formula is C47H53N11O5. The van der Waals surface area contributed by atoms with E-state index in [1.54, 1.807) is 11.6 Å². The average molecular weight is 852 g/mol. The summed E-state index contributed by atoms with van der Waals surface area (Å²) >= 11 is 0. The molecule has 4 saturated heterocycles. The molecule has 0 aliphatic carbocycles. The van der Waals surface area contributed by atoms with Gasteiger partial charge in [-0.3, -0.25) is 28.9 Å². The van der Waals surface area contributed by atoms with Crippen LogP contribution in [0.3, 0.4) is 0 Å².